The SMILES string of the molecule is Cc1cc(CCNc2cc(C)c(C)c(C)c2)cc(C)c1C. The first-order chi connectivity index (χ1) is 9.88. The van der Waals surface area contributed by atoms with Crippen molar-refractivity contribution in [3.63, 3.8) is 0 Å². The summed E-state index contributed by atoms with van der Waals surface area (Å²) in [6.07, 6.45) is 1.06. The zero-order chi connectivity index (χ0) is 15.6. The van der Waals surface area contributed by atoms with Gasteiger partial charge in [-0.3, -0.25) is 0 Å². The van der Waals surface area contributed by atoms with Gasteiger partial charge in [0.1, 0.15) is 0 Å². The summed E-state index contributed by atoms with van der Waals surface area (Å²) in [5.74, 6) is 0. The van der Waals surface area contributed by atoms with Crippen LogP contribution >= 0.6 is 0 Å². The molecule has 0 bridgehead atoms. The van der Waals surface area contributed by atoms with Crippen LogP contribution in [-0.4, -0.2) is 6.54 Å². The van der Waals surface area contributed by atoms with Gasteiger partial charge < -0.3 is 5.32 Å². The number of nitrogens with one attached hydrogen (secondary N) is 1. The Morgan fingerprint density at radius 3 is 1.57 bits per heavy atom. The quantitative estimate of drug-likeness (QED) is 0.813. The fourth-order valence-corrected chi connectivity index (χ4v) is 2.76. The van der Waals surface area contributed by atoms with Crippen LogP contribution < -0.4 is 5.32 Å². The molecule has 2 aromatic rings. The molecule has 0 spiro atoms. The van der Waals surface area contributed by atoms with E-state index in [1.165, 1.54) is 44.6 Å². The minimum atomic E-state index is 0.976. The van der Waals surface area contributed by atoms with Crippen molar-refractivity contribution in [2.24, 2.45) is 0 Å². The predicted molar refractivity (Wildman–Crippen MR) is 93.5 cm³/mol. The molecule has 0 unspecified atom stereocenters. The van der Waals surface area contributed by atoms with Crippen LogP contribution in [0.3, 0.4) is 0 Å². The molecule has 1 heteroatoms. The summed E-state index contributed by atoms with van der Waals surface area (Å²) >= 11 is 0. The fraction of sp³-hybridized carbons (Fsp3) is 0.400. The van der Waals surface area contributed by atoms with Crippen molar-refractivity contribution in [1.82, 2.24) is 0 Å². The van der Waals surface area contributed by atoms with Gasteiger partial charge in [0.2, 0.25) is 0 Å². The Labute approximate surface area is 129 Å². The topological polar surface area (TPSA) is 12.0 Å². The molecule has 0 fully saturated rings. The van der Waals surface area contributed by atoms with E-state index in [-0.39, 0.29) is 0 Å². The van der Waals surface area contributed by atoms with Crippen LogP contribution in [0.2, 0.25) is 0 Å². The Balaban J connectivity index is 2.02. The first kappa shape index (κ1) is 15.6. The summed E-state index contributed by atoms with van der Waals surface area (Å²) in [5, 5.41) is 3.56. The summed E-state index contributed by atoms with van der Waals surface area (Å²) in [6, 6.07) is 9.12. The number of hydrogen-bond donors (Lipinski definition) is 1. The molecule has 2 rings (SSSR count). The third-order valence-corrected chi connectivity index (χ3v) is 4.66. The highest BCUT2D eigenvalue weighted by Gasteiger charge is 2.03. The molecule has 0 aromatic heterocycles. The molecule has 112 valence electrons. The fourth-order valence-electron chi connectivity index (χ4n) is 2.76. The first-order valence-electron chi connectivity index (χ1n) is 7.77. The van der Waals surface area contributed by atoms with Crippen LogP contribution in [-0.2, 0) is 6.42 Å². The molecule has 0 atom stereocenters. The van der Waals surface area contributed by atoms with Crippen molar-refractivity contribution in [3.05, 3.63) is 63.2 Å². The van der Waals surface area contributed by atoms with Crippen molar-refractivity contribution in [1.29, 1.82) is 0 Å². The lowest BCUT2D eigenvalue weighted by atomic mass is 9.99. The lowest BCUT2D eigenvalue weighted by Gasteiger charge is -2.13. The summed E-state index contributed by atoms with van der Waals surface area (Å²) in [4.78, 5) is 0. The van der Waals surface area contributed by atoms with Crippen LogP contribution in [0.15, 0.2) is 24.3 Å². The van der Waals surface area contributed by atoms with Gasteiger partial charge in [0.15, 0.2) is 0 Å². The van der Waals surface area contributed by atoms with E-state index in [1.807, 2.05) is 0 Å². The van der Waals surface area contributed by atoms with Gasteiger partial charge in [0.25, 0.3) is 0 Å². The molecule has 1 N–H and O–H groups in total. The van der Waals surface area contributed by atoms with Gasteiger partial charge in [-0.2, -0.15) is 0 Å². The molecule has 21 heavy (non-hydrogen) atoms. The molecule has 0 aliphatic heterocycles. The molecular formula is C20H27N. The van der Waals surface area contributed by atoms with Crippen molar-refractivity contribution >= 4 is 5.69 Å². The van der Waals surface area contributed by atoms with E-state index in [1.54, 1.807) is 0 Å². The molecule has 0 saturated heterocycles. The summed E-state index contributed by atoms with van der Waals surface area (Å²) in [5.41, 5.74) is 11.0. The Kier molecular flexibility index (Phi) is 4.72. The average molecular weight is 281 g/mol. The van der Waals surface area contributed by atoms with Crippen LogP contribution in [0.1, 0.15) is 38.9 Å². The van der Waals surface area contributed by atoms with Gasteiger partial charge in [0.05, 0.1) is 0 Å². The largest absolute Gasteiger partial charge is 0.385 e. The van der Waals surface area contributed by atoms with Gasteiger partial charge in [-0.1, -0.05) is 12.1 Å². The number of hydrogen-bond acceptors (Lipinski definition) is 1. The normalized spacial score (nSPS) is 10.8. The van der Waals surface area contributed by atoms with Gasteiger partial charge >= 0.3 is 0 Å². The van der Waals surface area contributed by atoms with E-state index in [0.29, 0.717) is 0 Å². The third kappa shape index (κ3) is 3.66. The minimum absolute atomic E-state index is 0.976. The second-order valence-corrected chi connectivity index (χ2v) is 6.27. The van der Waals surface area contributed by atoms with Gasteiger partial charge in [-0.25, -0.2) is 0 Å². The van der Waals surface area contributed by atoms with E-state index in [9.17, 15) is 0 Å². The first-order valence-corrected chi connectivity index (χ1v) is 7.77. The van der Waals surface area contributed by atoms with Crippen LogP contribution in [0, 0.1) is 41.5 Å². The smallest absolute Gasteiger partial charge is 0.0345 e. The monoisotopic (exact) mass is 281 g/mol. The summed E-state index contributed by atoms with van der Waals surface area (Å²) in [7, 11) is 0. The van der Waals surface area contributed by atoms with E-state index >= 15 is 0 Å². The average Bonchev–Trinajstić information content (AvgIpc) is 2.42. The Hall–Kier alpha value is -1.76. The zero-order valence-corrected chi connectivity index (χ0v) is 14.2. The lowest BCUT2D eigenvalue weighted by molar-refractivity contribution is 1.01. The molecule has 0 amide bonds. The number of anilines is 1. The number of benzene rings is 2. The van der Waals surface area contributed by atoms with E-state index in [0.717, 1.165) is 13.0 Å². The molecule has 1 nitrogen and oxygen atoms in total. The maximum Gasteiger partial charge on any atom is 0.0345 e. The third-order valence-electron chi connectivity index (χ3n) is 4.66. The van der Waals surface area contributed by atoms with Gasteiger partial charge in [0, 0.05) is 12.2 Å². The van der Waals surface area contributed by atoms with Crippen LogP contribution in [0.25, 0.3) is 0 Å². The van der Waals surface area contributed by atoms with Crippen LogP contribution in [0.5, 0.6) is 0 Å². The van der Waals surface area contributed by atoms with Gasteiger partial charge in [-0.05, 0) is 99.0 Å². The molecule has 0 aliphatic carbocycles. The zero-order valence-electron chi connectivity index (χ0n) is 14.2. The molecule has 0 saturated carbocycles. The number of rotatable bonds is 4. The Morgan fingerprint density at radius 2 is 1.10 bits per heavy atom. The molecule has 2 aromatic carbocycles. The van der Waals surface area contributed by atoms with Crippen molar-refractivity contribution in [2.45, 2.75) is 48.0 Å². The summed E-state index contributed by atoms with van der Waals surface area (Å²) in [6.45, 7) is 14.1. The minimum Gasteiger partial charge on any atom is -0.385 e. The molecular weight excluding hydrogens is 254 g/mol. The maximum atomic E-state index is 3.56. The highest BCUT2D eigenvalue weighted by molar-refractivity contribution is 5.52. The maximum absolute atomic E-state index is 3.56. The highest BCUT2D eigenvalue weighted by atomic mass is 14.9. The molecule has 0 heterocycles. The van der Waals surface area contributed by atoms with E-state index in [4.69, 9.17) is 0 Å². The van der Waals surface area contributed by atoms with E-state index < -0.39 is 0 Å². The van der Waals surface area contributed by atoms with Gasteiger partial charge in [-0.15, -0.1) is 0 Å². The lowest BCUT2D eigenvalue weighted by Crippen LogP contribution is -2.06. The molecule has 0 aliphatic rings. The number of aryl methyl sites for hydroxylation is 4. The molecule has 0 radical (unpaired) electrons. The predicted octanol–water partition coefficient (Wildman–Crippen LogP) is 5.19. The highest BCUT2D eigenvalue weighted by Crippen LogP contribution is 2.20. The second kappa shape index (κ2) is 6.34. The van der Waals surface area contributed by atoms with Crippen molar-refractivity contribution in [2.75, 3.05) is 11.9 Å². The Bertz CT molecular complexity index is 549. The summed E-state index contributed by atoms with van der Waals surface area (Å²) < 4.78 is 0. The Morgan fingerprint density at radius 1 is 0.667 bits per heavy atom. The standard InChI is InChI=1S/C20H27N/c1-13-9-19(10-14(2)17(13)5)7-8-21-20-11-15(3)18(6)16(4)12-20/h9-12,21H,7-8H2,1-6H3. The van der Waals surface area contributed by atoms with E-state index in [2.05, 4.69) is 71.1 Å². The van der Waals surface area contributed by atoms with Crippen molar-refractivity contribution < 1.29 is 0 Å². The van der Waals surface area contributed by atoms with Crippen molar-refractivity contribution in [3.8, 4) is 0 Å². The van der Waals surface area contributed by atoms with Crippen LogP contribution in [0.4, 0.5) is 5.69 Å². The second-order valence-electron chi connectivity index (χ2n) is 6.27.